The number of benzene rings is 2. The molecule has 0 saturated carbocycles. The molecule has 32 heavy (non-hydrogen) atoms. The standard InChI is InChI=1S/C26H28N2O4/c1-5-23(22-13-8-17(2)15-18(22)3)27-26(30)24(16-21-7-6-14-32-21)28-25(29)19-9-11-20(31-4)12-10-19/h6-16,23H,5H2,1-4H3,(H,27,30)(H,28,29)/b24-16-/t23-/m1/s1. The predicted molar refractivity (Wildman–Crippen MR) is 124 cm³/mol. The molecule has 3 aromatic rings. The number of hydrogen-bond donors (Lipinski definition) is 2. The maximum atomic E-state index is 13.2. The molecule has 0 aliphatic rings. The molecule has 6 nitrogen and oxygen atoms in total. The molecule has 1 aromatic heterocycles. The highest BCUT2D eigenvalue weighted by atomic mass is 16.5. The van der Waals surface area contributed by atoms with E-state index in [1.165, 1.54) is 12.3 Å². The molecule has 2 N–H and O–H groups in total. The minimum absolute atomic E-state index is 0.101. The van der Waals surface area contributed by atoms with Crippen molar-refractivity contribution < 1.29 is 18.7 Å². The van der Waals surface area contributed by atoms with Crippen molar-refractivity contribution in [1.29, 1.82) is 0 Å². The van der Waals surface area contributed by atoms with Crippen LogP contribution in [0, 0.1) is 13.8 Å². The highest BCUT2D eigenvalue weighted by Crippen LogP contribution is 2.22. The fourth-order valence-electron chi connectivity index (χ4n) is 3.46. The molecule has 0 saturated heterocycles. The van der Waals surface area contributed by atoms with Crippen LogP contribution in [0.25, 0.3) is 6.08 Å². The summed E-state index contributed by atoms with van der Waals surface area (Å²) in [5.74, 6) is 0.310. The van der Waals surface area contributed by atoms with Gasteiger partial charge in [-0.1, -0.05) is 30.7 Å². The summed E-state index contributed by atoms with van der Waals surface area (Å²) in [6.07, 6.45) is 3.73. The molecule has 0 radical (unpaired) electrons. The summed E-state index contributed by atoms with van der Waals surface area (Å²) in [4.78, 5) is 26.0. The van der Waals surface area contributed by atoms with Crippen molar-refractivity contribution >= 4 is 17.9 Å². The number of hydrogen-bond acceptors (Lipinski definition) is 4. The third-order valence-corrected chi connectivity index (χ3v) is 5.19. The Labute approximate surface area is 188 Å². The summed E-state index contributed by atoms with van der Waals surface area (Å²) in [7, 11) is 1.56. The first kappa shape index (κ1) is 22.9. The molecule has 3 rings (SSSR count). The topological polar surface area (TPSA) is 80.6 Å². The number of carbonyl (C=O) groups is 2. The van der Waals surface area contributed by atoms with Gasteiger partial charge in [-0.2, -0.15) is 0 Å². The molecule has 1 heterocycles. The van der Waals surface area contributed by atoms with E-state index in [4.69, 9.17) is 9.15 Å². The highest BCUT2D eigenvalue weighted by Gasteiger charge is 2.20. The molecule has 0 bridgehead atoms. The SMILES string of the molecule is CC[C@@H](NC(=O)/C(=C/c1ccco1)NC(=O)c1ccc(OC)cc1)c1ccc(C)cc1C. The van der Waals surface area contributed by atoms with E-state index in [1.807, 2.05) is 32.9 Å². The Morgan fingerprint density at radius 2 is 1.84 bits per heavy atom. The van der Waals surface area contributed by atoms with Crippen LogP contribution in [0.2, 0.25) is 0 Å². The number of rotatable bonds is 8. The van der Waals surface area contributed by atoms with Crippen LogP contribution in [0.1, 0.15) is 52.2 Å². The van der Waals surface area contributed by atoms with Crippen LogP contribution in [0.3, 0.4) is 0 Å². The molecule has 0 spiro atoms. The van der Waals surface area contributed by atoms with Gasteiger partial charge in [0.1, 0.15) is 17.2 Å². The average Bonchev–Trinajstić information content (AvgIpc) is 3.30. The van der Waals surface area contributed by atoms with E-state index in [2.05, 4.69) is 16.7 Å². The molecule has 0 unspecified atom stereocenters. The average molecular weight is 433 g/mol. The molecule has 0 aliphatic heterocycles. The van der Waals surface area contributed by atoms with Gasteiger partial charge < -0.3 is 19.8 Å². The first-order chi connectivity index (χ1) is 15.4. The van der Waals surface area contributed by atoms with E-state index in [0.717, 1.165) is 16.7 Å². The second-order valence-corrected chi connectivity index (χ2v) is 7.55. The van der Waals surface area contributed by atoms with Gasteiger partial charge in [-0.25, -0.2) is 0 Å². The highest BCUT2D eigenvalue weighted by molar-refractivity contribution is 6.05. The monoisotopic (exact) mass is 432 g/mol. The number of aryl methyl sites for hydroxylation is 2. The predicted octanol–water partition coefficient (Wildman–Crippen LogP) is 4.94. The normalized spacial score (nSPS) is 12.2. The molecule has 6 heteroatoms. The van der Waals surface area contributed by atoms with Crippen LogP contribution in [0.15, 0.2) is 71.0 Å². The molecule has 0 aliphatic carbocycles. The summed E-state index contributed by atoms with van der Waals surface area (Å²) in [6.45, 7) is 6.08. The van der Waals surface area contributed by atoms with Gasteiger partial charge in [0, 0.05) is 11.6 Å². The summed E-state index contributed by atoms with van der Waals surface area (Å²) < 4.78 is 10.5. The lowest BCUT2D eigenvalue weighted by molar-refractivity contribution is -0.118. The van der Waals surface area contributed by atoms with E-state index in [9.17, 15) is 9.59 Å². The van der Waals surface area contributed by atoms with E-state index < -0.39 is 11.8 Å². The zero-order chi connectivity index (χ0) is 23.1. The van der Waals surface area contributed by atoms with E-state index in [0.29, 0.717) is 23.5 Å². The number of furan rings is 1. The molecule has 0 fully saturated rings. The van der Waals surface area contributed by atoms with Crippen molar-refractivity contribution in [1.82, 2.24) is 10.6 Å². The first-order valence-corrected chi connectivity index (χ1v) is 10.5. The molecule has 1 atom stereocenters. The van der Waals surface area contributed by atoms with E-state index in [1.54, 1.807) is 43.5 Å². The molecular weight excluding hydrogens is 404 g/mol. The largest absolute Gasteiger partial charge is 0.497 e. The van der Waals surface area contributed by atoms with Gasteiger partial charge in [-0.15, -0.1) is 0 Å². The van der Waals surface area contributed by atoms with Gasteiger partial charge in [0.15, 0.2) is 0 Å². The van der Waals surface area contributed by atoms with Crippen molar-refractivity contribution in [2.45, 2.75) is 33.2 Å². The third-order valence-electron chi connectivity index (χ3n) is 5.19. The number of amides is 2. The van der Waals surface area contributed by atoms with Crippen molar-refractivity contribution in [2.24, 2.45) is 0 Å². The van der Waals surface area contributed by atoms with Gasteiger partial charge >= 0.3 is 0 Å². The number of methoxy groups -OCH3 is 1. The third kappa shape index (κ3) is 5.66. The van der Waals surface area contributed by atoms with E-state index >= 15 is 0 Å². The van der Waals surface area contributed by atoms with Crippen LogP contribution < -0.4 is 15.4 Å². The number of carbonyl (C=O) groups excluding carboxylic acids is 2. The maximum Gasteiger partial charge on any atom is 0.268 e. The van der Waals surface area contributed by atoms with Crippen LogP contribution in [-0.4, -0.2) is 18.9 Å². The number of ether oxygens (including phenoxy) is 1. The Morgan fingerprint density at radius 1 is 1.09 bits per heavy atom. The van der Waals surface area contributed by atoms with Crippen molar-refractivity contribution in [3.05, 3.63) is 94.6 Å². The van der Waals surface area contributed by atoms with Gasteiger partial charge in [0.2, 0.25) is 0 Å². The van der Waals surface area contributed by atoms with Gasteiger partial charge in [-0.05, 0) is 67.8 Å². The second-order valence-electron chi connectivity index (χ2n) is 7.55. The maximum absolute atomic E-state index is 13.2. The van der Waals surface area contributed by atoms with Gasteiger partial charge in [0.25, 0.3) is 11.8 Å². The summed E-state index contributed by atoms with van der Waals surface area (Å²) in [5, 5.41) is 5.77. The van der Waals surface area contributed by atoms with Crippen LogP contribution >= 0.6 is 0 Å². The Bertz CT molecular complexity index is 1100. The Hall–Kier alpha value is -3.80. The lowest BCUT2D eigenvalue weighted by atomic mass is 9.97. The minimum atomic E-state index is -0.403. The molecule has 2 amide bonds. The fourth-order valence-corrected chi connectivity index (χ4v) is 3.46. The van der Waals surface area contributed by atoms with E-state index in [-0.39, 0.29) is 11.7 Å². The first-order valence-electron chi connectivity index (χ1n) is 10.5. The summed E-state index contributed by atoms with van der Waals surface area (Å²) in [6, 6.07) is 16.1. The fraction of sp³-hybridized carbons (Fsp3) is 0.231. The van der Waals surface area contributed by atoms with Crippen LogP contribution in [0.4, 0.5) is 0 Å². The molecular formula is C26H28N2O4. The smallest absolute Gasteiger partial charge is 0.268 e. The minimum Gasteiger partial charge on any atom is -0.497 e. The van der Waals surface area contributed by atoms with Crippen molar-refractivity contribution in [3.63, 3.8) is 0 Å². The zero-order valence-corrected chi connectivity index (χ0v) is 18.8. The van der Waals surface area contributed by atoms with Crippen LogP contribution in [0.5, 0.6) is 5.75 Å². The lowest BCUT2D eigenvalue weighted by Crippen LogP contribution is -2.37. The molecule has 2 aromatic carbocycles. The van der Waals surface area contributed by atoms with Gasteiger partial charge in [0.05, 0.1) is 19.4 Å². The second kappa shape index (κ2) is 10.5. The van der Waals surface area contributed by atoms with Gasteiger partial charge in [-0.3, -0.25) is 9.59 Å². The Kier molecular flexibility index (Phi) is 7.49. The lowest BCUT2D eigenvalue weighted by Gasteiger charge is -2.21. The summed E-state index contributed by atoms with van der Waals surface area (Å²) in [5.41, 5.74) is 3.83. The number of nitrogens with one attached hydrogen (secondary N) is 2. The van der Waals surface area contributed by atoms with Crippen LogP contribution in [-0.2, 0) is 4.79 Å². The van der Waals surface area contributed by atoms with Crippen molar-refractivity contribution in [3.8, 4) is 5.75 Å². The Morgan fingerprint density at radius 3 is 2.44 bits per heavy atom. The van der Waals surface area contributed by atoms with Crippen molar-refractivity contribution in [2.75, 3.05) is 7.11 Å². The summed E-state index contributed by atoms with van der Waals surface area (Å²) >= 11 is 0. The zero-order valence-electron chi connectivity index (χ0n) is 18.8. The quantitative estimate of drug-likeness (QED) is 0.494. The molecule has 166 valence electrons. The Balaban J connectivity index is 1.84.